The van der Waals surface area contributed by atoms with E-state index >= 15 is 0 Å². The van der Waals surface area contributed by atoms with Gasteiger partial charge in [-0.3, -0.25) is 9.59 Å². The van der Waals surface area contributed by atoms with Gasteiger partial charge in [0.05, 0.1) is 19.8 Å². The number of aliphatic hydroxyl groups excluding tert-OH is 1. The summed E-state index contributed by atoms with van der Waals surface area (Å²) in [6.45, 7) is 3.26. The van der Waals surface area contributed by atoms with Crippen molar-refractivity contribution in [3.05, 3.63) is 28.2 Å². The van der Waals surface area contributed by atoms with Crippen LogP contribution >= 0.6 is 0 Å². The fourth-order valence-electron chi connectivity index (χ4n) is 1.44. The van der Waals surface area contributed by atoms with Crippen LogP contribution in [0.2, 0.25) is 0 Å². The van der Waals surface area contributed by atoms with E-state index in [-0.39, 0.29) is 30.4 Å². The molecule has 1 heterocycles. The van der Waals surface area contributed by atoms with E-state index in [1.165, 1.54) is 16.8 Å². The number of ether oxygens (including phenoxy) is 1. The molecule has 2 N–H and O–H groups in total. The number of carbonyl (C=O) groups excluding carboxylic acids is 1. The van der Waals surface area contributed by atoms with Crippen LogP contribution < -0.4 is 10.9 Å². The Morgan fingerprint density at radius 3 is 2.95 bits per heavy atom. The first-order valence-corrected chi connectivity index (χ1v) is 6.24. The minimum absolute atomic E-state index is 0.0442. The summed E-state index contributed by atoms with van der Waals surface area (Å²) in [5, 5.41) is 15.1. The van der Waals surface area contributed by atoms with Gasteiger partial charge >= 0.3 is 0 Å². The van der Waals surface area contributed by atoms with Crippen LogP contribution in [0.3, 0.4) is 0 Å². The van der Waals surface area contributed by atoms with Crippen LogP contribution in [0, 0.1) is 0 Å². The second-order valence-electron chi connectivity index (χ2n) is 3.87. The molecular weight excluding hydrogens is 250 g/mol. The summed E-state index contributed by atoms with van der Waals surface area (Å²) in [5.41, 5.74) is -0.0140. The van der Waals surface area contributed by atoms with Crippen molar-refractivity contribution < 1.29 is 14.6 Å². The van der Waals surface area contributed by atoms with Gasteiger partial charge in [0, 0.05) is 19.2 Å². The molecule has 1 amide bonds. The van der Waals surface area contributed by atoms with Crippen LogP contribution in [0.1, 0.15) is 23.8 Å². The van der Waals surface area contributed by atoms with Gasteiger partial charge in [-0.1, -0.05) is 6.92 Å². The molecule has 7 nitrogen and oxygen atoms in total. The molecule has 0 aliphatic rings. The summed E-state index contributed by atoms with van der Waals surface area (Å²) in [4.78, 5) is 23.2. The molecule has 0 saturated heterocycles. The third kappa shape index (κ3) is 5.19. The van der Waals surface area contributed by atoms with Crippen LogP contribution in [0.5, 0.6) is 0 Å². The lowest BCUT2D eigenvalue weighted by Crippen LogP contribution is -2.31. The lowest BCUT2D eigenvalue weighted by atomic mass is 10.3. The monoisotopic (exact) mass is 269 g/mol. The first-order valence-electron chi connectivity index (χ1n) is 6.24. The summed E-state index contributed by atoms with van der Waals surface area (Å²) in [5.74, 6) is -0.350. The van der Waals surface area contributed by atoms with E-state index in [0.29, 0.717) is 19.7 Å². The topological polar surface area (TPSA) is 93.5 Å². The average Bonchev–Trinajstić information content (AvgIpc) is 2.41. The molecule has 1 rings (SSSR count). The Hall–Kier alpha value is -1.73. The smallest absolute Gasteiger partial charge is 0.271 e. The standard InChI is InChI=1S/C12H19N3O4/c1-2-6-15-11(17)4-3-10(14-15)12(18)13-5-8-19-9-7-16/h3-4,16H,2,5-9H2,1H3,(H,13,18). The molecule has 106 valence electrons. The minimum Gasteiger partial charge on any atom is -0.394 e. The van der Waals surface area contributed by atoms with Gasteiger partial charge in [-0.05, 0) is 12.5 Å². The summed E-state index contributed by atoms with van der Waals surface area (Å²) >= 11 is 0. The molecule has 1 aromatic rings. The Bertz CT molecular complexity index is 459. The zero-order chi connectivity index (χ0) is 14.1. The molecule has 0 aromatic carbocycles. The molecule has 19 heavy (non-hydrogen) atoms. The molecule has 0 atom stereocenters. The molecule has 0 radical (unpaired) electrons. The number of aryl methyl sites for hydroxylation is 1. The van der Waals surface area contributed by atoms with E-state index in [1.54, 1.807) is 0 Å². The minimum atomic E-state index is -0.350. The fourth-order valence-corrected chi connectivity index (χ4v) is 1.44. The predicted molar refractivity (Wildman–Crippen MR) is 69.0 cm³/mol. The van der Waals surface area contributed by atoms with Crippen LogP contribution in [0.15, 0.2) is 16.9 Å². The van der Waals surface area contributed by atoms with Crippen molar-refractivity contribution in [2.75, 3.05) is 26.4 Å². The maximum atomic E-state index is 11.8. The van der Waals surface area contributed by atoms with Gasteiger partial charge in [0.1, 0.15) is 5.69 Å². The lowest BCUT2D eigenvalue weighted by Gasteiger charge is -2.07. The molecule has 0 aliphatic carbocycles. The highest BCUT2D eigenvalue weighted by atomic mass is 16.5. The van der Waals surface area contributed by atoms with Gasteiger partial charge in [0.2, 0.25) is 0 Å². The fraction of sp³-hybridized carbons (Fsp3) is 0.583. The second-order valence-corrected chi connectivity index (χ2v) is 3.87. The van der Waals surface area contributed by atoms with Crippen LogP contribution in [-0.2, 0) is 11.3 Å². The number of rotatable bonds is 8. The van der Waals surface area contributed by atoms with Gasteiger partial charge in [0.15, 0.2) is 0 Å². The molecule has 0 spiro atoms. The van der Waals surface area contributed by atoms with Crippen molar-refractivity contribution in [3.8, 4) is 0 Å². The summed E-state index contributed by atoms with van der Waals surface area (Å²) in [7, 11) is 0. The van der Waals surface area contributed by atoms with Gasteiger partial charge in [-0.15, -0.1) is 0 Å². The van der Waals surface area contributed by atoms with E-state index in [0.717, 1.165) is 6.42 Å². The van der Waals surface area contributed by atoms with Gasteiger partial charge < -0.3 is 15.2 Å². The summed E-state index contributed by atoms with van der Waals surface area (Å²) < 4.78 is 6.29. The van der Waals surface area contributed by atoms with Crippen molar-refractivity contribution in [1.82, 2.24) is 15.1 Å². The van der Waals surface area contributed by atoms with Gasteiger partial charge in [-0.25, -0.2) is 4.68 Å². The number of aliphatic hydroxyl groups is 1. The molecule has 0 unspecified atom stereocenters. The van der Waals surface area contributed by atoms with E-state index in [4.69, 9.17) is 9.84 Å². The molecular formula is C12H19N3O4. The zero-order valence-electron chi connectivity index (χ0n) is 11.0. The SMILES string of the molecule is CCCn1nc(C(=O)NCCOCCO)ccc1=O. The molecule has 0 bridgehead atoms. The highest BCUT2D eigenvalue weighted by Gasteiger charge is 2.08. The number of hydrogen-bond donors (Lipinski definition) is 2. The second kappa shape index (κ2) is 8.39. The van der Waals surface area contributed by atoms with Crippen molar-refractivity contribution in [2.24, 2.45) is 0 Å². The number of carbonyl (C=O) groups is 1. The first kappa shape index (κ1) is 15.3. The predicted octanol–water partition coefficient (Wildman–Crippen LogP) is -0.608. The van der Waals surface area contributed by atoms with E-state index in [9.17, 15) is 9.59 Å². The third-order valence-electron chi connectivity index (χ3n) is 2.30. The van der Waals surface area contributed by atoms with E-state index < -0.39 is 0 Å². The lowest BCUT2D eigenvalue weighted by molar-refractivity contribution is 0.0833. The number of nitrogens with zero attached hydrogens (tertiary/aromatic N) is 2. The Kier molecular flexibility index (Phi) is 6.76. The van der Waals surface area contributed by atoms with E-state index in [1.807, 2.05) is 6.92 Å². The normalized spacial score (nSPS) is 10.4. The maximum Gasteiger partial charge on any atom is 0.271 e. The van der Waals surface area contributed by atoms with Crippen molar-refractivity contribution >= 4 is 5.91 Å². The molecule has 0 saturated carbocycles. The van der Waals surface area contributed by atoms with Gasteiger partial charge in [-0.2, -0.15) is 5.10 Å². The first-order chi connectivity index (χ1) is 9.19. The third-order valence-corrected chi connectivity index (χ3v) is 2.30. The average molecular weight is 269 g/mol. The highest BCUT2D eigenvalue weighted by molar-refractivity contribution is 5.91. The van der Waals surface area contributed by atoms with Crippen LogP contribution in [-0.4, -0.2) is 47.2 Å². The number of nitrogens with one attached hydrogen (secondary N) is 1. The highest BCUT2D eigenvalue weighted by Crippen LogP contribution is 1.91. The molecule has 0 fully saturated rings. The Morgan fingerprint density at radius 2 is 2.26 bits per heavy atom. The molecule has 7 heteroatoms. The van der Waals surface area contributed by atoms with E-state index in [2.05, 4.69) is 10.4 Å². The van der Waals surface area contributed by atoms with Crippen LogP contribution in [0.4, 0.5) is 0 Å². The quantitative estimate of drug-likeness (QED) is 0.614. The Labute approximate surface area is 111 Å². The Morgan fingerprint density at radius 1 is 1.47 bits per heavy atom. The number of amides is 1. The van der Waals surface area contributed by atoms with Crippen molar-refractivity contribution in [2.45, 2.75) is 19.9 Å². The van der Waals surface area contributed by atoms with Crippen molar-refractivity contribution in [1.29, 1.82) is 0 Å². The number of hydrogen-bond acceptors (Lipinski definition) is 5. The zero-order valence-corrected chi connectivity index (χ0v) is 11.0. The summed E-state index contributed by atoms with van der Waals surface area (Å²) in [6.07, 6.45) is 0.771. The van der Waals surface area contributed by atoms with Crippen molar-refractivity contribution in [3.63, 3.8) is 0 Å². The molecule has 0 aliphatic heterocycles. The number of aromatic nitrogens is 2. The van der Waals surface area contributed by atoms with Crippen LogP contribution in [0.25, 0.3) is 0 Å². The maximum absolute atomic E-state index is 11.8. The largest absolute Gasteiger partial charge is 0.394 e. The summed E-state index contributed by atoms with van der Waals surface area (Å²) in [6, 6.07) is 2.73. The van der Waals surface area contributed by atoms with Gasteiger partial charge in [0.25, 0.3) is 11.5 Å². The Balaban J connectivity index is 2.52. The molecule has 1 aromatic heterocycles.